The number of urea groups is 1. The van der Waals surface area contributed by atoms with Crippen molar-refractivity contribution in [3.05, 3.63) is 54.7 Å². The van der Waals surface area contributed by atoms with Crippen molar-refractivity contribution in [2.24, 2.45) is 0 Å². The molecule has 1 aliphatic heterocycles. The first kappa shape index (κ1) is 21.2. The van der Waals surface area contributed by atoms with Crippen LogP contribution in [-0.4, -0.2) is 43.5 Å². The lowest BCUT2D eigenvalue weighted by Crippen LogP contribution is -2.19. The number of hydrogen-bond acceptors (Lipinski definition) is 7. The zero-order valence-corrected chi connectivity index (χ0v) is 18.1. The predicted molar refractivity (Wildman–Crippen MR) is 125 cm³/mol. The summed E-state index contributed by atoms with van der Waals surface area (Å²) in [6.07, 6.45) is 4.20. The minimum Gasteiger partial charge on any atom is -0.493 e. The number of nitrogens with one attached hydrogen (secondary N) is 3. The van der Waals surface area contributed by atoms with Gasteiger partial charge < -0.3 is 30.3 Å². The summed E-state index contributed by atoms with van der Waals surface area (Å²) in [5.74, 6) is 1.68. The summed E-state index contributed by atoms with van der Waals surface area (Å²) in [5.41, 5.74) is 3.08. The Balaban J connectivity index is 1.37. The standard InChI is InChI=1S/C23H26N6O3/c1-31-20-7-5-6-19(22(20)32-2)27-23(30)26-17-10-8-16(9-11-17)25-21-14-18(15-24-28-21)29-12-3-4-13-29/h5-11,14-15H,3-4,12-13H2,1-2H3,(H,25,28)(H2,26,27,30). The lowest BCUT2D eigenvalue weighted by molar-refractivity contribution is 0.262. The molecule has 9 heteroatoms. The fraction of sp³-hybridized carbons (Fsp3) is 0.261. The molecule has 2 amide bonds. The summed E-state index contributed by atoms with van der Waals surface area (Å²) < 4.78 is 10.6. The van der Waals surface area contributed by atoms with Crippen LogP contribution in [0.1, 0.15) is 12.8 Å². The highest BCUT2D eigenvalue weighted by Crippen LogP contribution is 2.34. The normalized spacial score (nSPS) is 12.9. The molecule has 0 aliphatic carbocycles. The van der Waals surface area contributed by atoms with Crippen molar-refractivity contribution in [2.75, 3.05) is 48.2 Å². The van der Waals surface area contributed by atoms with Crippen molar-refractivity contribution in [1.29, 1.82) is 0 Å². The molecular weight excluding hydrogens is 408 g/mol. The van der Waals surface area contributed by atoms with Gasteiger partial charge in [-0.05, 0) is 49.2 Å². The molecule has 1 fully saturated rings. The summed E-state index contributed by atoms with van der Waals surface area (Å²) in [7, 11) is 3.07. The van der Waals surface area contributed by atoms with Crippen molar-refractivity contribution in [3.63, 3.8) is 0 Å². The smallest absolute Gasteiger partial charge is 0.323 e. The zero-order valence-electron chi connectivity index (χ0n) is 18.1. The molecule has 3 aromatic rings. The average Bonchev–Trinajstić information content (AvgIpc) is 3.35. The van der Waals surface area contributed by atoms with Crippen LogP contribution in [0.4, 0.5) is 33.4 Å². The van der Waals surface area contributed by atoms with Crippen molar-refractivity contribution >= 4 is 34.6 Å². The van der Waals surface area contributed by atoms with Crippen molar-refractivity contribution in [2.45, 2.75) is 12.8 Å². The van der Waals surface area contributed by atoms with Gasteiger partial charge in [0.05, 0.1) is 31.8 Å². The van der Waals surface area contributed by atoms with Crippen LogP contribution in [0.5, 0.6) is 11.5 Å². The second-order valence-corrected chi connectivity index (χ2v) is 7.32. The van der Waals surface area contributed by atoms with E-state index in [4.69, 9.17) is 9.47 Å². The van der Waals surface area contributed by atoms with Gasteiger partial charge in [0.15, 0.2) is 17.3 Å². The number of anilines is 5. The third-order valence-corrected chi connectivity index (χ3v) is 5.18. The van der Waals surface area contributed by atoms with Crippen LogP contribution in [-0.2, 0) is 0 Å². The Morgan fingerprint density at radius 2 is 1.72 bits per heavy atom. The fourth-order valence-corrected chi connectivity index (χ4v) is 3.62. The van der Waals surface area contributed by atoms with E-state index in [2.05, 4.69) is 31.0 Å². The third kappa shape index (κ3) is 5.00. The van der Waals surface area contributed by atoms with E-state index in [-0.39, 0.29) is 6.03 Å². The summed E-state index contributed by atoms with van der Waals surface area (Å²) in [4.78, 5) is 14.7. The van der Waals surface area contributed by atoms with Gasteiger partial charge in [0, 0.05) is 30.5 Å². The molecule has 4 rings (SSSR count). The van der Waals surface area contributed by atoms with E-state index >= 15 is 0 Å². The van der Waals surface area contributed by atoms with Gasteiger partial charge in [-0.1, -0.05) is 6.07 Å². The molecule has 2 heterocycles. The van der Waals surface area contributed by atoms with Gasteiger partial charge >= 0.3 is 6.03 Å². The minimum absolute atomic E-state index is 0.388. The first-order valence-electron chi connectivity index (χ1n) is 10.4. The molecule has 0 unspecified atom stereocenters. The highest BCUT2D eigenvalue weighted by Gasteiger charge is 2.14. The lowest BCUT2D eigenvalue weighted by atomic mass is 10.2. The van der Waals surface area contributed by atoms with Gasteiger partial charge in [-0.3, -0.25) is 0 Å². The lowest BCUT2D eigenvalue weighted by Gasteiger charge is -2.17. The number of methoxy groups -OCH3 is 2. The highest BCUT2D eigenvalue weighted by atomic mass is 16.5. The number of aromatic nitrogens is 2. The van der Waals surface area contributed by atoms with E-state index in [1.54, 1.807) is 31.5 Å². The molecule has 0 bridgehead atoms. The van der Waals surface area contributed by atoms with Crippen molar-refractivity contribution in [1.82, 2.24) is 10.2 Å². The quantitative estimate of drug-likeness (QED) is 0.504. The minimum atomic E-state index is -0.388. The number of rotatable bonds is 7. The molecule has 1 aromatic heterocycles. The van der Waals surface area contributed by atoms with Crippen LogP contribution in [0.3, 0.4) is 0 Å². The third-order valence-electron chi connectivity index (χ3n) is 5.18. The van der Waals surface area contributed by atoms with Gasteiger partial charge in [-0.25, -0.2) is 4.79 Å². The second kappa shape index (κ2) is 9.86. The highest BCUT2D eigenvalue weighted by molar-refractivity contribution is 6.01. The Bertz CT molecular complexity index is 1070. The molecule has 0 saturated carbocycles. The van der Waals surface area contributed by atoms with E-state index < -0.39 is 0 Å². The second-order valence-electron chi connectivity index (χ2n) is 7.32. The largest absolute Gasteiger partial charge is 0.493 e. The Hall–Kier alpha value is -4.01. The van der Waals surface area contributed by atoms with E-state index in [0.717, 1.165) is 24.5 Å². The van der Waals surface area contributed by atoms with E-state index in [0.29, 0.717) is 28.7 Å². The molecule has 166 valence electrons. The average molecular weight is 435 g/mol. The summed E-state index contributed by atoms with van der Waals surface area (Å²) in [6, 6.07) is 14.2. The molecule has 2 aromatic carbocycles. The zero-order chi connectivity index (χ0) is 22.3. The van der Waals surface area contributed by atoms with Gasteiger partial charge in [0.25, 0.3) is 0 Å². The molecule has 9 nitrogen and oxygen atoms in total. The van der Waals surface area contributed by atoms with Crippen LogP contribution in [0.25, 0.3) is 0 Å². The number of para-hydroxylation sites is 1. The maximum Gasteiger partial charge on any atom is 0.323 e. The molecule has 3 N–H and O–H groups in total. The summed E-state index contributed by atoms with van der Waals surface area (Å²) in [6.45, 7) is 2.10. The van der Waals surface area contributed by atoms with Crippen LogP contribution in [0, 0.1) is 0 Å². The molecule has 0 spiro atoms. The number of carbonyl (C=O) groups is 1. The number of hydrogen-bond donors (Lipinski definition) is 3. The summed E-state index contributed by atoms with van der Waals surface area (Å²) in [5, 5.41) is 17.1. The number of carbonyl (C=O) groups excluding carboxylic acids is 1. The number of benzene rings is 2. The van der Waals surface area contributed by atoms with Crippen molar-refractivity contribution in [3.8, 4) is 11.5 Å². The van der Waals surface area contributed by atoms with Crippen LogP contribution in [0.15, 0.2) is 54.7 Å². The fourth-order valence-electron chi connectivity index (χ4n) is 3.62. The molecular formula is C23H26N6O3. The van der Waals surface area contributed by atoms with Crippen LogP contribution < -0.4 is 30.3 Å². The topological polar surface area (TPSA) is 101 Å². The van der Waals surface area contributed by atoms with Crippen LogP contribution >= 0.6 is 0 Å². The number of ether oxygens (including phenoxy) is 2. The Labute approximate surface area is 186 Å². The van der Waals surface area contributed by atoms with Gasteiger partial charge in [0.1, 0.15) is 0 Å². The van der Waals surface area contributed by atoms with E-state index in [9.17, 15) is 4.79 Å². The maximum absolute atomic E-state index is 12.4. The first-order chi connectivity index (χ1) is 15.7. The van der Waals surface area contributed by atoms with Gasteiger partial charge in [0.2, 0.25) is 0 Å². The Kier molecular flexibility index (Phi) is 6.54. The van der Waals surface area contributed by atoms with E-state index in [1.807, 2.05) is 30.3 Å². The van der Waals surface area contributed by atoms with Gasteiger partial charge in [-0.2, -0.15) is 5.10 Å². The molecule has 1 saturated heterocycles. The Morgan fingerprint density at radius 1 is 0.969 bits per heavy atom. The van der Waals surface area contributed by atoms with E-state index in [1.165, 1.54) is 20.0 Å². The SMILES string of the molecule is COc1cccc(NC(=O)Nc2ccc(Nc3cc(N4CCCC4)cnn3)cc2)c1OC. The molecule has 0 radical (unpaired) electrons. The molecule has 0 atom stereocenters. The van der Waals surface area contributed by atoms with Crippen LogP contribution in [0.2, 0.25) is 0 Å². The number of amides is 2. The van der Waals surface area contributed by atoms with Gasteiger partial charge in [-0.15, -0.1) is 5.10 Å². The summed E-state index contributed by atoms with van der Waals surface area (Å²) >= 11 is 0. The number of nitrogens with zero attached hydrogens (tertiary/aromatic N) is 3. The van der Waals surface area contributed by atoms with Crippen molar-refractivity contribution < 1.29 is 14.3 Å². The monoisotopic (exact) mass is 434 g/mol. The maximum atomic E-state index is 12.4. The Morgan fingerprint density at radius 3 is 2.44 bits per heavy atom. The molecule has 1 aliphatic rings. The first-order valence-corrected chi connectivity index (χ1v) is 10.4. The predicted octanol–water partition coefficient (Wildman–Crippen LogP) is 4.48. The molecule has 32 heavy (non-hydrogen) atoms.